The van der Waals surface area contributed by atoms with Crippen molar-refractivity contribution in [1.82, 2.24) is 0 Å². The minimum absolute atomic E-state index is 0.120. The highest BCUT2D eigenvalue weighted by Crippen LogP contribution is 2.19. The number of quaternary nitrogens is 1. The van der Waals surface area contributed by atoms with Gasteiger partial charge in [0.2, 0.25) is 0 Å². The lowest BCUT2D eigenvalue weighted by Crippen LogP contribution is -2.49. The van der Waals surface area contributed by atoms with Gasteiger partial charge in [-0.15, -0.1) is 0 Å². The Morgan fingerprint density at radius 3 is 2.22 bits per heavy atom. The van der Waals surface area contributed by atoms with Crippen LogP contribution in [0.4, 0.5) is 11.4 Å². The van der Waals surface area contributed by atoms with Crippen LogP contribution < -0.4 is 17.2 Å². The van der Waals surface area contributed by atoms with E-state index >= 15 is 0 Å². The Hall–Kier alpha value is -1.31. The molecule has 0 unspecified atom stereocenters. The van der Waals surface area contributed by atoms with Gasteiger partial charge in [0, 0.05) is 5.69 Å². The summed E-state index contributed by atoms with van der Waals surface area (Å²) in [4.78, 5) is -0.434. The van der Waals surface area contributed by atoms with Crippen LogP contribution in [0.1, 0.15) is 26.2 Å². The van der Waals surface area contributed by atoms with Crippen molar-refractivity contribution in [3.05, 3.63) is 18.2 Å². The first-order chi connectivity index (χ1) is 8.32. The molecule has 0 radical (unpaired) electrons. The van der Waals surface area contributed by atoms with Crippen molar-refractivity contribution < 1.29 is 18.7 Å². The molecule has 0 aliphatic carbocycles. The molecule has 0 spiro atoms. The van der Waals surface area contributed by atoms with Crippen LogP contribution in [0.25, 0.3) is 0 Å². The van der Waals surface area contributed by atoms with Crippen LogP contribution in [0.5, 0.6) is 0 Å². The molecule has 7 N–H and O–H groups in total. The van der Waals surface area contributed by atoms with E-state index in [1.165, 1.54) is 31.4 Å². The minimum Gasteiger partial charge on any atom is -0.744 e. The van der Waals surface area contributed by atoms with Crippen LogP contribution in [0.15, 0.2) is 23.1 Å². The van der Waals surface area contributed by atoms with Gasteiger partial charge in [0.1, 0.15) is 10.1 Å². The fourth-order valence-corrected chi connectivity index (χ4v) is 1.80. The zero-order chi connectivity index (χ0) is 14.2. The molecule has 1 rings (SSSR count). The summed E-state index contributed by atoms with van der Waals surface area (Å²) in [5, 5.41) is 0. The van der Waals surface area contributed by atoms with E-state index in [9.17, 15) is 13.0 Å². The normalized spacial score (nSPS) is 10.6. The first kappa shape index (κ1) is 16.7. The summed E-state index contributed by atoms with van der Waals surface area (Å²) in [5.41, 5.74) is 14.5. The van der Waals surface area contributed by atoms with Crippen LogP contribution in [0.3, 0.4) is 0 Å². The quantitative estimate of drug-likeness (QED) is 0.408. The standard InChI is InChI=1S/C6H8N2O3S.C5H13N/c7-4-1-2-6(5(8)3-4)12(9,10)11;1-2-3-4-5-6/h1-3H,7-8H2,(H,9,10,11);2-6H2,1H3. The summed E-state index contributed by atoms with van der Waals surface area (Å²) < 4.78 is 31.5. The number of hydrogen-bond donors (Lipinski definition) is 3. The molecule has 0 atom stereocenters. The van der Waals surface area contributed by atoms with Crippen LogP contribution in [-0.4, -0.2) is 19.5 Å². The molecular formula is C11H21N3O3S. The van der Waals surface area contributed by atoms with Crippen LogP contribution in [0.2, 0.25) is 0 Å². The predicted molar refractivity (Wildman–Crippen MR) is 70.5 cm³/mol. The van der Waals surface area contributed by atoms with Gasteiger partial charge in [0.05, 0.1) is 17.1 Å². The number of unbranched alkanes of at least 4 members (excludes halogenated alkanes) is 2. The summed E-state index contributed by atoms with van der Waals surface area (Å²) in [6.45, 7) is 3.31. The zero-order valence-electron chi connectivity index (χ0n) is 10.6. The average molecular weight is 275 g/mol. The van der Waals surface area contributed by atoms with E-state index in [1.807, 2.05) is 0 Å². The molecule has 0 bridgehead atoms. The molecule has 7 heteroatoms. The van der Waals surface area contributed by atoms with Gasteiger partial charge in [0.25, 0.3) is 0 Å². The summed E-state index contributed by atoms with van der Waals surface area (Å²) in [6, 6.07) is 3.62. The zero-order valence-corrected chi connectivity index (χ0v) is 11.4. The molecule has 18 heavy (non-hydrogen) atoms. The third-order valence-corrected chi connectivity index (χ3v) is 3.07. The van der Waals surface area contributed by atoms with E-state index in [-0.39, 0.29) is 5.69 Å². The summed E-state index contributed by atoms with van der Waals surface area (Å²) in [6.07, 6.45) is 3.97. The van der Waals surface area contributed by atoms with Gasteiger partial charge in [-0.1, -0.05) is 13.3 Å². The monoisotopic (exact) mass is 275 g/mol. The van der Waals surface area contributed by atoms with Crippen LogP contribution in [-0.2, 0) is 10.1 Å². The summed E-state index contributed by atoms with van der Waals surface area (Å²) in [7, 11) is -4.48. The number of benzene rings is 1. The summed E-state index contributed by atoms with van der Waals surface area (Å²) in [5.74, 6) is 0. The van der Waals surface area contributed by atoms with Gasteiger partial charge in [-0.2, -0.15) is 0 Å². The summed E-state index contributed by atoms with van der Waals surface area (Å²) >= 11 is 0. The number of nitrogens with two attached hydrogens (primary N) is 2. The molecule has 0 aliphatic rings. The Morgan fingerprint density at radius 2 is 1.89 bits per heavy atom. The second-order valence-electron chi connectivity index (χ2n) is 3.81. The molecule has 1 aromatic carbocycles. The highest BCUT2D eigenvalue weighted by Gasteiger charge is 2.05. The first-order valence-electron chi connectivity index (χ1n) is 5.73. The highest BCUT2D eigenvalue weighted by molar-refractivity contribution is 7.86. The molecule has 0 fully saturated rings. The molecule has 104 valence electrons. The largest absolute Gasteiger partial charge is 0.744 e. The lowest BCUT2D eigenvalue weighted by Gasteiger charge is -2.09. The number of rotatable bonds is 4. The van der Waals surface area contributed by atoms with Gasteiger partial charge in [-0.3, -0.25) is 0 Å². The number of hydrogen-bond acceptors (Lipinski definition) is 5. The highest BCUT2D eigenvalue weighted by atomic mass is 32.2. The van der Waals surface area contributed by atoms with Crippen molar-refractivity contribution in [2.45, 2.75) is 31.1 Å². The Balaban J connectivity index is 0.000000411. The van der Waals surface area contributed by atoms with Crippen molar-refractivity contribution in [2.24, 2.45) is 0 Å². The molecule has 1 aromatic rings. The third kappa shape index (κ3) is 6.43. The molecule has 0 amide bonds. The van der Waals surface area contributed by atoms with Gasteiger partial charge in [0.15, 0.2) is 0 Å². The minimum atomic E-state index is -4.48. The predicted octanol–water partition coefficient (Wildman–Crippen LogP) is 0.174. The van der Waals surface area contributed by atoms with Crippen molar-refractivity contribution in [2.75, 3.05) is 18.0 Å². The number of nitrogen functional groups attached to an aromatic ring is 2. The Labute approximate surface area is 108 Å². The Bertz CT molecular complexity index is 457. The molecule has 0 saturated carbocycles. The number of anilines is 2. The van der Waals surface area contributed by atoms with E-state index in [1.54, 1.807) is 0 Å². The smallest absolute Gasteiger partial charge is 0.126 e. The van der Waals surface area contributed by atoms with Crippen molar-refractivity contribution in [3.8, 4) is 0 Å². The Kier molecular flexibility index (Phi) is 7.33. The van der Waals surface area contributed by atoms with Gasteiger partial charge < -0.3 is 21.8 Å². The lowest BCUT2D eigenvalue weighted by atomic mass is 10.3. The van der Waals surface area contributed by atoms with Crippen molar-refractivity contribution in [1.29, 1.82) is 0 Å². The van der Waals surface area contributed by atoms with E-state index in [0.29, 0.717) is 5.69 Å². The van der Waals surface area contributed by atoms with E-state index in [2.05, 4.69) is 12.7 Å². The third-order valence-electron chi connectivity index (χ3n) is 2.16. The fraction of sp³-hybridized carbons (Fsp3) is 0.455. The van der Waals surface area contributed by atoms with Gasteiger partial charge in [-0.25, -0.2) is 8.42 Å². The van der Waals surface area contributed by atoms with E-state index in [4.69, 9.17) is 11.5 Å². The Morgan fingerprint density at radius 1 is 1.28 bits per heavy atom. The second kappa shape index (κ2) is 7.91. The van der Waals surface area contributed by atoms with Gasteiger partial charge in [-0.05, 0) is 31.0 Å². The fourth-order valence-electron chi connectivity index (χ4n) is 1.22. The molecule has 0 heterocycles. The molecule has 0 aromatic heterocycles. The molecule has 6 nitrogen and oxygen atoms in total. The molecular weight excluding hydrogens is 254 g/mol. The molecule has 0 saturated heterocycles. The maximum atomic E-state index is 10.5. The average Bonchev–Trinajstić information content (AvgIpc) is 2.25. The SMILES string of the molecule is CCCCC[NH3+].Nc1ccc(S(=O)(=O)[O-])c(N)c1. The maximum absolute atomic E-state index is 10.5. The second-order valence-corrected chi connectivity index (χ2v) is 5.16. The van der Waals surface area contributed by atoms with Crippen LogP contribution >= 0.6 is 0 Å². The molecule has 0 aliphatic heterocycles. The van der Waals surface area contributed by atoms with E-state index < -0.39 is 15.0 Å². The van der Waals surface area contributed by atoms with Gasteiger partial charge >= 0.3 is 0 Å². The van der Waals surface area contributed by atoms with Crippen molar-refractivity contribution >= 4 is 21.5 Å². The topological polar surface area (TPSA) is 137 Å². The van der Waals surface area contributed by atoms with E-state index in [0.717, 1.165) is 12.6 Å². The maximum Gasteiger partial charge on any atom is 0.126 e. The van der Waals surface area contributed by atoms with Crippen molar-refractivity contribution in [3.63, 3.8) is 0 Å². The lowest BCUT2D eigenvalue weighted by molar-refractivity contribution is -0.368. The first-order valence-corrected chi connectivity index (χ1v) is 7.13. The van der Waals surface area contributed by atoms with Crippen LogP contribution in [0, 0.1) is 0 Å².